The van der Waals surface area contributed by atoms with Crippen LogP contribution in [0, 0.1) is 5.41 Å². The first-order chi connectivity index (χ1) is 4.13. The van der Waals surface area contributed by atoms with Crippen molar-refractivity contribution < 1.29 is 9.90 Å². The first-order valence-electron chi connectivity index (χ1n) is 2.06. The second kappa shape index (κ2) is 3.53. The van der Waals surface area contributed by atoms with Crippen LogP contribution in [0.4, 0.5) is 0 Å². The Morgan fingerprint density at radius 3 is 2.67 bits per heavy atom. The molecule has 0 unspecified atom stereocenters. The normalized spacial score (nSPS) is 9.78. The Bertz CT molecular complexity index is 152. The largest absolute Gasteiger partial charge is 0.480 e. The molecule has 9 heavy (non-hydrogen) atoms. The Kier molecular flexibility index (Phi) is 2.96. The molecule has 0 fully saturated rings. The van der Waals surface area contributed by atoms with Gasteiger partial charge in [-0.1, -0.05) is 0 Å². The smallest absolute Gasteiger partial charge is 0.327 e. The van der Waals surface area contributed by atoms with Gasteiger partial charge in [0.15, 0.2) is 6.54 Å². The standard InChI is InChI=1S/C3H6N4O2/c4-3(5)7-6-1-2(8)9/h1H2,(H3,4,5)(H,8,9). The lowest BCUT2D eigenvalue weighted by Crippen LogP contribution is -2.05. The van der Waals surface area contributed by atoms with Crippen LogP contribution >= 0.6 is 0 Å². The number of guanidine groups is 1. The summed E-state index contributed by atoms with van der Waals surface area (Å²) in [6, 6.07) is 0. The maximum Gasteiger partial charge on any atom is 0.327 e. The number of nitrogens with zero attached hydrogens (tertiary/aromatic N) is 2. The Labute approximate surface area is 50.9 Å². The zero-order valence-electron chi connectivity index (χ0n) is 4.53. The predicted molar refractivity (Wildman–Crippen MR) is 29.3 cm³/mol. The molecule has 0 aliphatic rings. The Hall–Kier alpha value is -1.46. The minimum atomic E-state index is -1.10. The van der Waals surface area contributed by atoms with Gasteiger partial charge in [-0.2, -0.15) is 5.11 Å². The van der Waals surface area contributed by atoms with Crippen molar-refractivity contribution in [3.05, 3.63) is 0 Å². The number of azo groups is 1. The number of carboxylic acids is 1. The minimum absolute atomic E-state index is 0.445. The zero-order valence-corrected chi connectivity index (χ0v) is 4.53. The Morgan fingerprint density at radius 1 is 1.78 bits per heavy atom. The molecule has 0 aromatic rings. The lowest BCUT2D eigenvalue weighted by Gasteiger charge is -1.81. The van der Waals surface area contributed by atoms with Gasteiger partial charge in [-0.3, -0.25) is 10.2 Å². The fourth-order valence-electron chi connectivity index (χ4n) is 0.172. The van der Waals surface area contributed by atoms with E-state index in [1.807, 2.05) is 0 Å². The summed E-state index contributed by atoms with van der Waals surface area (Å²) in [5.41, 5.74) is 4.71. The summed E-state index contributed by atoms with van der Waals surface area (Å²) in [5, 5.41) is 20.4. The van der Waals surface area contributed by atoms with Gasteiger partial charge in [-0.25, -0.2) is 0 Å². The van der Waals surface area contributed by atoms with E-state index in [9.17, 15) is 4.79 Å². The highest BCUT2D eigenvalue weighted by atomic mass is 16.4. The first-order valence-corrected chi connectivity index (χ1v) is 2.06. The van der Waals surface area contributed by atoms with Crippen molar-refractivity contribution in [2.75, 3.05) is 6.54 Å². The Balaban J connectivity index is 3.48. The monoisotopic (exact) mass is 130 g/mol. The van der Waals surface area contributed by atoms with Crippen LogP contribution < -0.4 is 5.73 Å². The molecule has 0 bridgehead atoms. The molecule has 50 valence electrons. The second-order valence-electron chi connectivity index (χ2n) is 1.18. The number of rotatable bonds is 2. The highest BCUT2D eigenvalue weighted by Crippen LogP contribution is 1.72. The van der Waals surface area contributed by atoms with Crippen molar-refractivity contribution in [2.24, 2.45) is 16.0 Å². The molecule has 0 rings (SSSR count). The maximum atomic E-state index is 9.72. The molecule has 0 aromatic carbocycles. The van der Waals surface area contributed by atoms with Gasteiger partial charge in [0.2, 0.25) is 5.96 Å². The summed E-state index contributed by atoms with van der Waals surface area (Å²) in [7, 11) is 0. The van der Waals surface area contributed by atoms with E-state index in [-0.39, 0.29) is 0 Å². The van der Waals surface area contributed by atoms with Crippen molar-refractivity contribution in [3.63, 3.8) is 0 Å². The van der Waals surface area contributed by atoms with Crippen molar-refractivity contribution >= 4 is 11.9 Å². The molecule has 0 saturated heterocycles. The number of nitrogens with two attached hydrogens (primary N) is 1. The van der Waals surface area contributed by atoms with Gasteiger partial charge < -0.3 is 10.8 Å². The zero-order chi connectivity index (χ0) is 7.28. The van der Waals surface area contributed by atoms with Crippen LogP contribution in [-0.2, 0) is 4.79 Å². The van der Waals surface area contributed by atoms with E-state index in [1.54, 1.807) is 0 Å². The minimum Gasteiger partial charge on any atom is -0.480 e. The molecule has 0 atom stereocenters. The van der Waals surface area contributed by atoms with E-state index in [0.29, 0.717) is 0 Å². The molecule has 6 nitrogen and oxygen atoms in total. The average Bonchev–Trinajstić information content (AvgIpc) is 1.63. The molecule has 0 amide bonds. The summed E-state index contributed by atoms with van der Waals surface area (Å²) in [5.74, 6) is -1.59. The summed E-state index contributed by atoms with van der Waals surface area (Å²) in [6.07, 6.45) is 0. The molecule has 0 aliphatic heterocycles. The SMILES string of the molecule is N=C(N)N=NCC(=O)O. The van der Waals surface area contributed by atoms with E-state index in [0.717, 1.165) is 0 Å². The number of aliphatic carboxylic acids is 1. The lowest BCUT2D eigenvalue weighted by atomic mass is 10.7. The van der Waals surface area contributed by atoms with Crippen LogP contribution in [0.5, 0.6) is 0 Å². The van der Waals surface area contributed by atoms with Gasteiger partial charge in [0.1, 0.15) is 0 Å². The fraction of sp³-hybridized carbons (Fsp3) is 0.333. The topological polar surface area (TPSA) is 112 Å². The number of carboxylic acid groups (broad SMARTS) is 1. The number of nitrogens with one attached hydrogen (secondary N) is 1. The number of hydrogen-bond donors (Lipinski definition) is 3. The molecular formula is C3H6N4O2. The third-order valence-electron chi connectivity index (χ3n) is 0.384. The van der Waals surface area contributed by atoms with E-state index < -0.39 is 18.5 Å². The molecule has 0 saturated carbocycles. The van der Waals surface area contributed by atoms with E-state index in [2.05, 4.69) is 10.2 Å². The summed E-state index contributed by atoms with van der Waals surface area (Å²) < 4.78 is 0. The van der Waals surface area contributed by atoms with Crippen LogP contribution in [0.3, 0.4) is 0 Å². The van der Waals surface area contributed by atoms with Gasteiger partial charge >= 0.3 is 5.97 Å². The van der Waals surface area contributed by atoms with Crippen LogP contribution in [0.2, 0.25) is 0 Å². The molecule has 6 heteroatoms. The van der Waals surface area contributed by atoms with Crippen molar-refractivity contribution in [2.45, 2.75) is 0 Å². The summed E-state index contributed by atoms with van der Waals surface area (Å²) in [4.78, 5) is 9.72. The van der Waals surface area contributed by atoms with Crippen LogP contribution in [0.15, 0.2) is 10.2 Å². The molecule has 0 aliphatic carbocycles. The van der Waals surface area contributed by atoms with Gasteiger partial charge in [-0.05, 0) is 0 Å². The Morgan fingerprint density at radius 2 is 2.33 bits per heavy atom. The van der Waals surface area contributed by atoms with E-state index in [4.69, 9.17) is 16.2 Å². The van der Waals surface area contributed by atoms with E-state index >= 15 is 0 Å². The molecule has 0 radical (unpaired) electrons. The fourth-order valence-corrected chi connectivity index (χ4v) is 0.172. The van der Waals surface area contributed by atoms with Crippen LogP contribution in [-0.4, -0.2) is 23.6 Å². The number of carbonyl (C=O) groups is 1. The van der Waals surface area contributed by atoms with Crippen LogP contribution in [0.1, 0.15) is 0 Å². The van der Waals surface area contributed by atoms with Gasteiger partial charge in [0.25, 0.3) is 0 Å². The molecule has 4 N–H and O–H groups in total. The highest BCUT2D eigenvalue weighted by Gasteiger charge is 1.90. The van der Waals surface area contributed by atoms with Gasteiger partial charge in [0, 0.05) is 0 Å². The van der Waals surface area contributed by atoms with Gasteiger partial charge in [0.05, 0.1) is 0 Å². The van der Waals surface area contributed by atoms with Crippen molar-refractivity contribution in [1.29, 1.82) is 5.41 Å². The predicted octanol–water partition coefficient (Wildman–Crippen LogP) is -0.583. The van der Waals surface area contributed by atoms with Crippen molar-refractivity contribution in [3.8, 4) is 0 Å². The third kappa shape index (κ3) is 6.54. The maximum absolute atomic E-state index is 9.72. The molecule has 0 aromatic heterocycles. The summed E-state index contributed by atoms with van der Waals surface area (Å²) in [6.45, 7) is -0.445. The quantitative estimate of drug-likeness (QED) is 0.264. The van der Waals surface area contributed by atoms with Gasteiger partial charge in [-0.15, -0.1) is 5.11 Å². The van der Waals surface area contributed by atoms with Crippen molar-refractivity contribution in [1.82, 2.24) is 0 Å². The average molecular weight is 130 g/mol. The lowest BCUT2D eigenvalue weighted by molar-refractivity contribution is -0.135. The highest BCUT2D eigenvalue weighted by molar-refractivity contribution is 5.75. The third-order valence-corrected chi connectivity index (χ3v) is 0.384. The van der Waals surface area contributed by atoms with E-state index in [1.165, 1.54) is 0 Å². The second-order valence-corrected chi connectivity index (χ2v) is 1.18. The van der Waals surface area contributed by atoms with Crippen LogP contribution in [0.25, 0.3) is 0 Å². The molecule has 0 spiro atoms. The summed E-state index contributed by atoms with van der Waals surface area (Å²) >= 11 is 0. The number of hydrogen-bond acceptors (Lipinski definition) is 3. The molecule has 0 heterocycles. The molecular weight excluding hydrogens is 124 g/mol. The first kappa shape index (κ1) is 7.54.